The average molecular weight is 451 g/mol. The lowest BCUT2D eigenvalue weighted by Gasteiger charge is -2.42. The quantitative estimate of drug-likeness (QED) is 0.761. The van der Waals surface area contributed by atoms with Crippen LogP contribution in [0.1, 0.15) is 42.5 Å². The van der Waals surface area contributed by atoms with E-state index in [9.17, 15) is 18.8 Å². The average Bonchev–Trinajstić information content (AvgIpc) is 3.25. The molecule has 0 aromatic heterocycles. The Morgan fingerprint density at radius 1 is 1.03 bits per heavy atom. The van der Waals surface area contributed by atoms with Crippen LogP contribution in [0.2, 0.25) is 0 Å². The number of ether oxygens (including phenoxy) is 1. The summed E-state index contributed by atoms with van der Waals surface area (Å²) in [4.78, 5) is 42.0. The van der Waals surface area contributed by atoms with E-state index in [0.29, 0.717) is 56.8 Å². The molecule has 0 bridgehead atoms. The number of nitrogens with zero attached hydrogens (tertiary/aromatic N) is 2. The lowest BCUT2D eigenvalue weighted by atomic mass is 9.87. The highest BCUT2D eigenvalue weighted by Gasteiger charge is 2.44. The molecule has 2 aromatic carbocycles. The molecule has 2 fully saturated rings. The first kappa shape index (κ1) is 21.4. The molecule has 172 valence electrons. The molecule has 3 aliphatic heterocycles. The highest BCUT2D eigenvalue weighted by atomic mass is 19.1. The van der Waals surface area contributed by atoms with Crippen molar-refractivity contribution in [2.45, 2.75) is 43.7 Å². The second-order valence-corrected chi connectivity index (χ2v) is 8.97. The predicted octanol–water partition coefficient (Wildman–Crippen LogP) is 3.21. The van der Waals surface area contributed by atoms with Gasteiger partial charge < -0.3 is 19.9 Å². The molecule has 3 aliphatic rings. The van der Waals surface area contributed by atoms with Gasteiger partial charge in [0, 0.05) is 32.5 Å². The number of benzene rings is 2. The Bertz CT molecular complexity index is 1100. The van der Waals surface area contributed by atoms with Crippen molar-refractivity contribution in [3.8, 4) is 5.75 Å². The van der Waals surface area contributed by atoms with E-state index in [-0.39, 0.29) is 23.8 Å². The van der Waals surface area contributed by atoms with Gasteiger partial charge in [0.1, 0.15) is 23.2 Å². The predicted molar refractivity (Wildman–Crippen MR) is 119 cm³/mol. The number of carbonyl (C=O) groups is 3. The van der Waals surface area contributed by atoms with Crippen LogP contribution < -0.4 is 10.1 Å². The fraction of sp³-hybridized carbons (Fsp3) is 0.400. The van der Waals surface area contributed by atoms with Gasteiger partial charge in [-0.05, 0) is 37.1 Å². The maximum absolute atomic E-state index is 14.2. The molecule has 1 unspecified atom stereocenters. The molecule has 0 aliphatic carbocycles. The Balaban J connectivity index is 1.28. The number of piperidine rings is 1. The minimum atomic E-state index is -0.661. The zero-order valence-corrected chi connectivity index (χ0v) is 18.3. The Kier molecular flexibility index (Phi) is 5.52. The zero-order valence-electron chi connectivity index (χ0n) is 18.3. The molecule has 7 nitrogen and oxygen atoms in total. The number of halogens is 1. The second-order valence-electron chi connectivity index (χ2n) is 8.97. The van der Waals surface area contributed by atoms with Gasteiger partial charge in [-0.25, -0.2) is 4.39 Å². The number of para-hydroxylation sites is 2. The summed E-state index contributed by atoms with van der Waals surface area (Å²) in [5.41, 5.74) is -0.0105. The maximum atomic E-state index is 14.2. The van der Waals surface area contributed by atoms with E-state index in [1.807, 2.05) is 24.3 Å². The van der Waals surface area contributed by atoms with Gasteiger partial charge in [0.2, 0.25) is 11.8 Å². The number of carbonyl (C=O) groups excluding carboxylic acids is 3. The van der Waals surface area contributed by atoms with E-state index < -0.39 is 23.4 Å². The summed E-state index contributed by atoms with van der Waals surface area (Å²) < 4.78 is 20.5. The topological polar surface area (TPSA) is 79.0 Å². The Hall–Kier alpha value is -3.42. The van der Waals surface area contributed by atoms with Crippen LogP contribution in [0, 0.1) is 5.82 Å². The number of likely N-dealkylation sites (tertiary alicyclic amines) is 2. The minimum Gasteiger partial charge on any atom is -0.484 e. The van der Waals surface area contributed by atoms with Gasteiger partial charge >= 0.3 is 0 Å². The first-order valence-corrected chi connectivity index (χ1v) is 11.4. The van der Waals surface area contributed by atoms with Crippen LogP contribution in [0.3, 0.4) is 0 Å². The maximum Gasteiger partial charge on any atom is 0.257 e. The van der Waals surface area contributed by atoms with Crippen molar-refractivity contribution in [2.75, 3.05) is 25.0 Å². The number of hydrogen-bond donors (Lipinski definition) is 1. The van der Waals surface area contributed by atoms with Crippen LogP contribution >= 0.6 is 0 Å². The summed E-state index contributed by atoms with van der Waals surface area (Å²) in [5, 5.41) is 2.89. The van der Waals surface area contributed by atoms with Gasteiger partial charge in [0.05, 0.1) is 17.7 Å². The molecule has 5 rings (SSSR count). The molecule has 0 radical (unpaired) electrons. The standard InChI is InChI=1S/C25H26FN3O4/c26-18-7-2-1-6-17(18)23(31)29-13-5-9-20(29)24(32)28-14-11-25(12-15-28)16-22(30)27-19-8-3-4-10-21(19)33-25/h1-4,6-8,10,20H,5,9,11-16H2,(H,27,30). The first-order chi connectivity index (χ1) is 16.0. The van der Waals surface area contributed by atoms with Crippen LogP contribution in [0.5, 0.6) is 5.75 Å². The third-order valence-corrected chi connectivity index (χ3v) is 6.86. The summed E-state index contributed by atoms with van der Waals surface area (Å²) in [6.45, 7) is 1.31. The molecular formula is C25H26FN3O4. The van der Waals surface area contributed by atoms with Crippen LogP contribution in [-0.4, -0.2) is 58.8 Å². The number of rotatable bonds is 2. The van der Waals surface area contributed by atoms with Crippen molar-refractivity contribution in [2.24, 2.45) is 0 Å². The fourth-order valence-electron chi connectivity index (χ4n) is 5.10. The third-order valence-electron chi connectivity index (χ3n) is 6.86. The van der Waals surface area contributed by atoms with E-state index in [0.717, 1.165) is 0 Å². The molecular weight excluding hydrogens is 425 g/mol. The molecule has 2 saturated heterocycles. The number of nitrogens with one attached hydrogen (secondary N) is 1. The van der Waals surface area contributed by atoms with Gasteiger partial charge in [0.15, 0.2) is 0 Å². The summed E-state index contributed by atoms with van der Waals surface area (Å²) >= 11 is 0. The minimum absolute atomic E-state index is 0.00803. The molecule has 1 atom stereocenters. The largest absolute Gasteiger partial charge is 0.484 e. The van der Waals surface area contributed by atoms with E-state index in [1.165, 1.54) is 23.1 Å². The number of hydrogen-bond acceptors (Lipinski definition) is 4. The zero-order chi connectivity index (χ0) is 23.0. The molecule has 0 saturated carbocycles. The van der Waals surface area contributed by atoms with Gasteiger partial charge in [-0.1, -0.05) is 24.3 Å². The van der Waals surface area contributed by atoms with Gasteiger partial charge in [-0.15, -0.1) is 0 Å². The fourth-order valence-corrected chi connectivity index (χ4v) is 5.10. The lowest BCUT2D eigenvalue weighted by Crippen LogP contribution is -2.54. The van der Waals surface area contributed by atoms with E-state index in [2.05, 4.69) is 5.32 Å². The lowest BCUT2D eigenvalue weighted by molar-refractivity contribution is -0.139. The molecule has 8 heteroatoms. The second kappa shape index (κ2) is 8.50. The van der Waals surface area contributed by atoms with Crippen molar-refractivity contribution >= 4 is 23.4 Å². The first-order valence-electron chi connectivity index (χ1n) is 11.4. The van der Waals surface area contributed by atoms with Crippen LogP contribution in [-0.2, 0) is 9.59 Å². The van der Waals surface area contributed by atoms with Gasteiger partial charge in [0.25, 0.3) is 5.91 Å². The van der Waals surface area contributed by atoms with E-state index >= 15 is 0 Å². The SMILES string of the molecule is O=C1CC2(CCN(C(=O)C3CCCN3C(=O)c3ccccc3F)CC2)Oc2ccccc2N1. The van der Waals surface area contributed by atoms with Crippen LogP contribution in [0.4, 0.5) is 10.1 Å². The monoisotopic (exact) mass is 451 g/mol. The summed E-state index contributed by atoms with van der Waals surface area (Å²) in [5.74, 6) is -0.606. The van der Waals surface area contributed by atoms with Gasteiger partial charge in [-0.2, -0.15) is 0 Å². The summed E-state index contributed by atoms with van der Waals surface area (Å²) in [6.07, 6.45) is 2.54. The molecule has 1 N–H and O–H groups in total. The number of amides is 3. The molecule has 3 amide bonds. The van der Waals surface area contributed by atoms with Crippen molar-refractivity contribution in [3.63, 3.8) is 0 Å². The Morgan fingerprint density at radius 3 is 2.55 bits per heavy atom. The van der Waals surface area contributed by atoms with Crippen molar-refractivity contribution < 1.29 is 23.5 Å². The number of anilines is 1. The molecule has 33 heavy (non-hydrogen) atoms. The van der Waals surface area contributed by atoms with Crippen LogP contribution in [0.15, 0.2) is 48.5 Å². The third kappa shape index (κ3) is 4.05. The van der Waals surface area contributed by atoms with Crippen molar-refractivity contribution in [1.82, 2.24) is 9.80 Å². The van der Waals surface area contributed by atoms with E-state index in [4.69, 9.17) is 4.74 Å². The summed E-state index contributed by atoms with van der Waals surface area (Å²) in [7, 11) is 0. The highest BCUT2D eigenvalue weighted by Crippen LogP contribution is 2.38. The molecule has 3 heterocycles. The van der Waals surface area contributed by atoms with Crippen molar-refractivity contribution in [1.29, 1.82) is 0 Å². The number of fused-ring (bicyclic) bond motifs is 1. The Labute approximate surface area is 191 Å². The summed E-state index contributed by atoms with van der Waals surface area (Å²) in [6, 6.07) is 12.6. The Morgan fingerprint density at radius 2 is 1.76 bits per heavy atom. The van der Waals surface area contributed by atoms with E-state index in [1.54, 1.807) is 11.0 Å². The molecule has 1 spiro atoms. The van der Waals surface area contributed by atoms with Crippen LogP contribution in [0.25, 0.3) is 0 Å². The molecule has 2 aromatic rings. The highest BCUT2D eigenvalue weighted by molar-refractivity contribution is 5.98. The van der Waals surface area contributed by atoms with Crippen molar-refractivity contribution in [3.05, 3.63) is 59.9 Å². The van der Waals surface area contributed by atoms with Gasteiger partial charge in [-0.3, -0.25) is 14.4 Å². The normalized spacial score (nSPS) is 21.7. The smallest absolute Gasteiger partial charge is 0.257 e.